The highest BCUT2D eigenvalue weighted by molar-refractivity contribution is 5.92. The highest BCUT2D eigenvalue weighted by Gasteiger charge is 2.30. The molecule has 1 aliphatic rings. The lowest BCUT2D eigenvalue weighted by Gasteiger charge is -2.07. The maximum Gasteiger partial charge on any atom is 0.272 e. The molecule has 0 aliphatic heterocycles. The van der Waals surface area contributed by atoms with Crippen molar-refractivity contribution in [1.82, 2.24) is 29.8 Å². The zero-order valence-corrected chi connectivity index (χ0v) is 11.9. The molecule has 1 amide bonds. The maximum absolute atomic E-state index is 12.2. The Kier molecular flexibility index (Phi) is 2.88. The third kappa shape index (κ3) is 2.32. The number of nitrogens with one attached hydrogen (secondary N) is 1. The maximum atomic E-state index is 12.2. The Balaban J connectivity index is 1.50. The van der Waals surface area contributed by atoms with Gasteiger partial charge in [-0.2, -0.15) is 4.98 Å². The Bertz CT molecular complexity index is 802. The van der Waals surface area contributed by atoms with E-state index < -0.39 is 0 Å². The van der Waals surface area contributed by atoms with E-state index in [0.717, 1.165) is 18.7 Å². The number of hydrogen-bond donors (Lipinski definition) is 1. The van der Waals surface area contributed by atoms with E-state index in [9.17, 15) is 4.79 Å². The summed E-state index contributed by atoms with van der Waals surface area (Å²) >= 11 is 0. The lowest BCUT2D eigenvalue weighted by Crippen LogP contribution is -2.27. The minimum atomic E-state index is -0.370. The Morgan fingerprint density at radius 3 is 3.09 bits per heavy atom. The minimum absolute atomic E-state index is 0.299. The zero-order valence-electron chi connectivity index (χ0n) is 11.9. The fraction of sp³-hybridized carbons (Fsp3) is 0.357. The van der Waals surface area contributed by atoms with Gasteiger partial charge in [0.05, 0.1) is 0 Å². The standard InChI is InChI=1S/C14H14N6O2/c1-8(13-18-11(19-22-13)9-3-4-9)16-12(21)10-7-20-6-2-5-15-14(20)17-10/h2,5-9H,3-4H2,1H3,(H,16,21)/t8-/m1/s1. The topological polar surface area (TPSA) is 98.2 Å². The van der Waals surface area contributed by atoms with Crippen molar-refractivity contribution in [2.45, 2.75) is 31.7 Å². The predicted molar refractivity (Wildman–Crippen MR) is 75.1 cm³/mol. The van der Waals surface area contributed by atoms with Crippen LogP contribution in [-0.4, -0.2) is 30.4 Å². The first-order valence-corrected chi connectivity index (χ1v) is 7.15. The summed E-state index contributed by atoms with van der Waals surface area (Å²) in [7, 11) is 0. The van der Waals surface area contributed by atoms with E-state index in [2.05, 4.69) is 25.4 Å². The summed E-state index contributed by atoms with van der Waals surface area (Å²) in [6.45, 7) is 1.80. The minimum Gasteiger partial charge on any atom is -0.339 e. The first kappa shape index (κ1) is 12.9. The van der Waals surface area contributed by atoms with Crippen molar-refractivity contribution in [3.63, 3.8) is 0 Å². The number of fused-ring (bicyclic) bond motifs is 1. The third-order valence-electron chi connectivity index (χ3n) is 3.59. The molecule has 3 heterocycles. The molecule has 1 aliphatic carbocycles. The van der Waals surface area contributed by atoms with Gasteiger partial charge in [-0.05, 0) is 25.8 Å². The van der Waals surface area contributed by atoms with E-state index in [1.54, 1.807) is 36.0 Å². The molecular weight excluding hydrogens is 284 g/mol. The summed E-state index contributed by atoms with van der Waals surface area (Å²) in [5, 5.41) is 6.75. The number of nitrogens with zero attached hydrogens (tertiary/aromatic N) is 5. The molecule has 3 aromatic heterocycles. The van der Waals surface area contributed by atoms with Crippen LogP contribution in [0.4, 0.5) is 0 Å². The van der Waals surface area contributed by atoms with Gasteiger partial charge in [-0.1, -0.05) is 5.16 Å². The van der Waals surface area contributed by atoms with Crippen molar-refractivity contribution < 1.29 is 9.32 Å². The first-order valence-electron chi connectivity index (χ1n) is 7.15. The van der Waals surface area contributed by atoms with E-state index in [4.69, 9.17) is 4.52 Å². The van der Waals surface area contributed by atoms with Gasteiger partial charge in [0, 0.05) is 24.5 Å². The molecule has 1 saturated carbocycles. The number of aromatic nitrogens is 5. The van der Waals surface area contributed by atoms with E-state index in [0.29, 0.717) is 23.3 Å². The molecule has 0 unspecified atom stereocenters. The van der Waals surface area contributed by atoms with E-state index >= 15 is 0 Å². The van der Waals surface area contributed by atoms with Gasteiger partial charge in [-0.25, -0.2) is 9.97 Å². The molecule has 0 radical (unpaired) electrons. The monoisotopic (exact) mass is 298 g/mol. The number of carbonyl (C=O) groups is 1. The molecule has 112 valence electrons. The lowest BCUT2D eigenvalue weighted by molar-refractivity contribution is 0.0928. The fourth-order valence-corrected chi connectivity index (χ4v) is 2.20. The number of imidazole rings is 1. The third-order valence-corrected chi connectivity index (χ3v) is 3.59. The van der Waals surface area contributed by atoms with Crippen molar-refractivity contribution in [3.8, 4) is 0 Å². The quantitative estimate of drug-likeness (QED) is 0.783. The molecule has 8 nitrogen and oxygen atoms in total. The van der Waals surface area contributed by atoms with Crippen LogP contribution in [0.2, 0.25) is 0 Å². The van der Waals surface area contributed by atoms with E-state index in [1.165, 1.54) is 0 Å². The number of rotatable bonds is 4. The van der Waals surface area contributed by atoms with E-state index in [-0.39, 0.29) is 11.9 Å². The van der Waals surface area contributed by atoms with Crippen molar-refractivity contribution in [2.75, 3.05) is 0 Å². The van der Waals surface area contributed by atoms with Gasteiger partial charge in [-0.15, -0.1) is 0 Å². The number of carbonyl (C=O) groups excluding carboxylic acids is 1. The Labute approximate surface area is 125 Å². The second-order valence-electron chi connectivity index (χ2n) is 5.41. The number of hydrogen-bond acceptors (Lipinski definition) is 6. The van der Waals surface area contributed by atoms with Crippen molar-refractivity contribution >= 4 is 11.7 Å². The van der Waals surface area contributed by atoms with Gasteiger partial charge < -0.3 is 9.84 Å². The fourth-order valence-electron chi connectivity index (χ4n) is 2.20. The molecule has 0 spiro atoms. The summed E-state index contributed by atoms with van der Waals surface area (Å²) in [4.78, 5) is 24.8. The smallest absolute Gasteiger partial charge is 0.272 e. The van der Waals surface area contributed by atoms with Crippen LogP contribution in [0.1, 0.15) is 53.9 Å². The zero-order chi connectivity index (χ0) is 15.1. The van der Waals surface area contributed by atoms with Crippen LogP contribution in [0.25, 0.3) is 5.78 Å². The van der Waals surface area contributed by atoms with Crippen LogP contribution in [0.5, 0.6) is 0 Å². The molecule has 3 aromatic rings. The lowest BCUT2D eigenvalue weighted by atomic mass is 10.3. The number of amides is 1. The molecule has 4 rings (SSSR count). The molecule has 8 heteroatoms. The molecule has 1 atom stereocenters. The summed E-state index contributed by atoms with van der Waals surface area (Å²) in [6.07, 6.45) is 7.26. The molecule has 22 heavy (non-hydrogen) atoms. The largest absolute Gasteiger partial charge is 0.339 e. The molecule has 0 saturated heterocycles. The van der Waals surface area contributed by atoms with Crippen LogP contribution >= 0.6 is 0 Å². The summed E-state index contributed by atoms with van der Waals surface area (Å²) < 4.78 is 6.90. The van der Waals surface area contributed by atoms with Gasteiger partial charge >= 0.3 is 0 Å². The van der Waals surface area contributed by atoms with Crippen LogP contribution in [-0.2, 0) is 0 Å². The SMILES string of the molecule is C[C@@H](NC(=O)c1cn2cccnc2n1)c1nc(C2CC2)no1. The van der Waals surface area contributed by atoms with Crippen molar-refractivity contribution in [3.05, 3.63) is 42.1 Å². The first-order chi connectivity index (χ1) is 10.7. The van der Waals surface area contributed by atoms with Crippen LogP contribution in [0.15, 0.2) is 29.2 Å². The highest BCUT2D eigenvalue weighted by Crippen LogP contribution is 2.38. The molecule has 0 bridgehead atoms. The molecular formula is C14H14N6O2. The Hall–Kier alpha value is -2.77. The van der Waals surface area contributed by atoms with Crippen molar-refractivity contribution in [1.29, 1.82) is 0 Å². The average molecular weight is 298 g/mol. The van der Waals surface area contributed by atoms with Crippen LogP contribution in [0.3, 0.4) is 0 Å². The summed E-state index contributed by atoms with van der Waals surface area (Å²) in [5.74, 6) is 1.74. The van der Waals surface area contributed by atoms with Crippen LogP contribution in [0, 0.1) is 0 Å². The predicted octanol–water partition coefficient (Wildman–Crippen LogP) is 1.48. The van der Waals surface area contributed by atoms with E-state index in [1.807, 2.05) is 0 Å². The Morgan fingerprint density at radius 1 is 1.45 bits per heavy atom. The molecule has 1 N–H and O–H groups in total. The normalized spacial score (nSPS) is 15.9. The van der Waals surface area contributed by atoms with Gasteiger partial charge in [-0.3, -0.25) is 9.20 Å². The second-order valence-corrected chi connectivity index (χ2v) is 5.41. The highest BCUT2D eigenvalue weighted by atomic mass is 16.5. The average Bonchev–Trinajstić information content (AvgIpc) is 3.10. The molecule has 1 fully saturated rings. The van der Waals surface area contributed by atoms with Gasteiger partial charge in [0.15, 0.2) is 5.82 Å². The Morgan fingerprint density at radius 2 is 2.32 bits per heavy atom. The second kappa shape index (κ2) is 4.90. The van der Waals surface area contributed by atoms with Crippen LogP contribution < -0.4 is 5.32 Å². The van der Waals surface area contributed by atoms with Gasteiger partial charge in [0.2, 0.25) is 11.7 Å². The van der Waals surface area contributed by atoms with Crippen molar-refractivity contribution in [2.24, 2.45) is 0 Å². The van der Waals surface area contributed by atoms with Gasteiger partial charge in [0.1, 0.15) is 11.7 Å². The summed E-state index contributed by atoms with van der Waals surface area (Å²) in [5.41, 5.74) is 0.299. The van der Waals surface area contributed by atoms with Gasteiger partial charge in [0.25, 0.3) is 5.91 Å². The molecule has 0 aromatic carbocycles. The summed E-state index contributed by atoms with van der Waals surface area (Å²) in [6, 6.07) is 1.40.